The van der Waals surface area contributed by atoms with Crippen LogP contribution in [0, 0.1) is 6.92 Å². The number of rotatable bonds is 3. The fourth-order valence-corrected chi connectivity index (χ4v) is 0.982. The molecule has 0 unspecified atom stereocenters. The van der Waals surface area contributed by atoms with Gasteiger partial charge in [-0.3, -0.25) is 0 Å². The van der Waals surface area contributed by atoms with Crippen molar-refractivity contribution in [3.8, 4) is 0 Å². The van der Waals surface area contributed by atoms with Gasteiger partial charge in [-0.1, -0.05) is 30.3 Å². The molecule has 0 aliphatic rings. The summed E-state index contributed by atoms with van der Waals surface area (Å²) in [6, 6.07) is 7.73. The smallest absolute Gasteiger partial charge is 0.371 e. The second kappa shape index (κ2) is 4.21. The van der Waals surface area contributed by atoms with Crippen molar-refractivity contribution in [2.24, 2.45) is 0 Å². The van der Waals surface area contributed by atoms with Crippen LogP contribution in [0.2, 0.25) is 0 Å². The number of benzene rings is 1. The minimum Gasteiger partial charge on any atom is -0.461 e. The van der Waals surface area contributed by atoms with Gasteiger partial charge in [-0.2, -0.15) is 0 Å². The molecule has 0 aliphatic heterocycles. The van der Waals surface area contributed by atoms with Gasteiger partial charge in [0, 0.05) is 5.56 Å². The van der Waals surface area contributed by atoms with Gasteiger partial charge in [0.1, 0.15) is 0 Å². The number of hydrogen-bond donors (Lipinski definition) is 2. The van der Waals surface area contributed by atoms with E-state index in [-0.39, 0.29) is 12.2 Å². The number of aliphatic hydroxyl groups is 2. The van der Waals surface area contributed by atoms with Crippen LogP contribution in [-0.2, 0) is 15.3 Å². The molecule has 0 saturated heterocycles. The average molecular weight is 195 g/mol. The summed E-state index contributed by atoms with van der Waals surface area (Å²) in [4.78, 5) is 11.1. The van der Waals surface area contributed by atoms with Crippen LogP contribution in [0.1, 0.15) is 5.56 Å². The van der Waals surface area contributed by atoms with Crippen LogP contribution < -0.4 is 0 Å². The number of esters is 1. The molecular weight excluding hydrogens is 184 g/mol. The van der Waals surface area contributed by atoms with E-state index in [1.807, 2.05) is 0 Å². The molecule has 0 fully saturated rings. The Bertz CT molecular complexity index is 305. The van der Waals surface area contributed by atoms with Crippen LogP contribution >= 0.6 is 0 Å². The van der Waals surface area contributed by atoms with Crippen molar-refractivity contribution in [3.63, 3.8) is 0 Å². The summed E-state index contributed by atoms with van der Waals surface area (Å²) in [6.07, 6.45) is 0. The molecule has 1 aromatic carbocycles. The van der Waals surface area contributed by atoms with Gasteiger partial charge in [0.15, 0.2) is 0 Å². The van der Waals surface area contributed by atoms with Gasteiger partial charge in [-0.15, -0.1) is 0 Å². The van der Waals surface area contributed by atoms with Crippen molar-refractivity contribution in [1.82, 2.24) is 0 Å². The quantitative estimate of drug-likeness (QED) is 0.534. The molecule has 0 bridgehead atoms. The van der Waals surface area contributed by atoms with Crippen molar-refractivity contribution >= 4 is 5.97 Å². The highest BCUT2D eigenvalue weighted by Gasteiger charge is 2.36. The molecule has 0 heterocycles. The molecule has 0 saturated carbocycles. The summed E-state index contributed by atoms with van der Waals surface area (Å²) in [5.74, 6) is -3.72. The summed E-state index contributed by atoms with van der Waals surface area (Å²) < 4.78 is 4.41. The Hall–Kier alpha value is -1.39. The standard InChI is InChI=1S/C10H11O4/c1-2-14-9(11)10(12,13)8-6-4-3-5-7-8/h3-7,12-13H,1-2H2. The maximum Gasteiger partial charge on any atom is 0.371 e. The molecule has 4 nitrogen and oxygen atoms in total. The third-order valence-electron chi connectivity index (χ3n) is 1.69. The topological polar surface area (TPSA) is 66.8 Å². The molecule has 1 aromatic rings. The van der Waals surface area contributed by atoms with Crippen LogP contribution in [0.4, 0.5) is 0 Å². The Kier molecular flexibility index (Phi) is 3.22. The normalized spacial score (nSPS) is 11.1. The van der Waals surface area contributed by atoms with Crippen LogP contribution in [0.15, 0.2) is 30.3 Å². The number of carbonyl (C=O) groups excluding carboxylic acids is 1. The lowest BCUT2D eigenvalue weighted by Crippen LogP contribution is -2.37. The van der Waals surface area contributed by atoms with E-state index in [4.69, 9.17) is 0 Å². The van der Waals surface area contributed by atoms with Gasteiger partial charge in [-0.05, 0) is 6.92 Å². The highest BCUT2D eigenvalue weighted by atomic mass is 16.6. The van der Waals surface area contributed by atoms with Crippen molar-refractivity contribution < 1.29 is 19.7 Å². The first-order valence-corrected chi connectivity index (χ1v) is 4.05. The number of carbonyl (C=O) groups is 1. The van der Waals surface area contributed by atoms with E-state index in [1.54, 1.807) is 18.2 Å². The van der Waals surface area contributed by atoms with E-state index < -0.39 is 11.8 Å². The Morgan fingerprint density at radius 3 is 2.43 bits per heavy atom. The molecule has 1 radical (unpaired) electrons. The first kappa shape index (κ1) is 10.7. The predicted octanol–water partition coefficient (Wildman–Crippen LogP) is 0.201. The average Bonchev–Trinajstić information content (AvgIpc) is 2.19. The minimum absolute atomic E-state index is 0.0680. The van der Waals surface area contributed by atoms with Crippen molar-refractivity contribution in [1.29, 1.82) is 0 Å². The SMILES string of the molecule is [CH2]COC(=O)C(O)(O)c1ccccc1. The summed E-state index contributed by atoms with van der Waals surface area (Å²) >= 11 is 0. The fraction of sp³-hybridized carbons (Fsp3) is 0.200. The molecule has 0 amide bonds. The number of ether oxygens (including phenoxy) is 1. The summed E-state index contributed by atoms with van der Waals surface area (Å²) in [6.45, 7) is 3.12. The van der Waals surface area contributed by atoms with Gasteiger partial charge >= 0.3 is 5.97 Å². The second-order valence-corrected chi connectivity index (χ2v) is 2.67. The molecule has 0 aromatic heterocycles. The first-order chi connectivity index (χ1) is 6.59. The van der Waals surface area contributed by atoms with Crippen molar-refractivity contribution in [2.45, 2.75) is 5.79 Å². The summed E-state index contributed by atoms with van der Waals surface area (Å²) in [7, 11) is 0. The largest absolute Gasteiger partial charge is 0.461 e. The Balaban J connectivity index is 2.90. The molecule has 4 heteroatoms. The fourth-order valence-electron chi connectivity index (χ4n) is 0.982. The van der Waals surface area contributed by atoms with Crippen LogP contribution in [0.3, 0.4) is 0 Å². The zero-order chi connectivity index (χ0) is 10.6. The van der Waals surface area contributed by atoms with Gasteiger partial charge in [0.05, 0.1) is 6.61 Å². The molecule has 14 heavy (non-hydrogen) atoms. The minimum atomic E-state index is -2.60. The van der Waals surface area contributed by atoms with E-state index in [1.165, 1.54) is 12.1 Å². The van der Waals surface area contributed by atoms with Gasteiger partial charge < -0.3 is 14.9 Å². The summed E-state index contributed by atoms with van der Waals surface area (Å²) in [5.41, 5.74) is 0.0680. The predicted molar refractivity (Wildman–Crippen MR) is 48.9 cm³/mol. The van der Waals surface area contributed by atoms with E-state index in [0.717, 1.165) is 0 Å². The Morgan fingerprint density at radius 2 is 1.93 bits per heavy atom. The van der Waals surface area contributed by atoms with Crippen LogP contribution in [0.5, 0.6) is 0 Å². The van der Waals surface area contributed by atoms with Crippen LogP contribution in [0.25, 0.3) is 0 Å². The maximum atomic E-state index is 11.1. The maximum absolute atomic E-state index is 11.1. The lowest BCUT2D eigenvalue weighted by molar-refractivity contribution is -0.213. The van der Waals surface area contributed by atoms with Crippen molar-refractivity contribution in [3.05, 3.63) is 42.8 Å². The molecule has 0 spiro atoms. The lowest BCUT2D eigenvalue weighted by Gasteiger charge is -2.19. The molecule has 75 valence electrons. The molecule has 0 aliphatic carbocycles. The Labute approximate surface area is 81.8 Å². The van der Waals surface area contributed by atoms with Crippen LogP contribution in [-0.4, -0.2) is 22.8 Å². The molecular formula is C10H11O4. The zero-order valence-electron chi connectivity index (χ0n) is 7.51. The van der Waals surface area contributed by atoms with E-state index in [9.17, 15) is 15.0 Å². The third kappa shape index (κ3) is 2.10. The first-order valence-electron chi connectivity index (χ1n) is 4.05. The van der Waals surface area contributed by atoms with Gasteiger partial charge in [0.25, 0.3) is 5.79 Å². The highest BCUT2D eigenvalue weighted by molar-refractivity contribution is 5.78. The summed E-state index contributed by atoms with van der Waals surface area (Å²) in [5, 5.41) is 18.9. The monoisotopic (exact) mass is 195 g/mol. The van der Waals surface area contributed by atoms with Gasteiger partial charge in [0.2, 0.25) is 0 Å². The Morgan fingerprint density at radius 1 is 1.36 bits per heavy atom. The van der Waals surface area contributed by atoms with E-state index in [2.05, 4.69) is 11.7 Å². The number of hydrogen-bond acceptors (Lipinski definition) is 4. The molecule has 0 atom stereocenters. The highest BCUT2D eigenvalue weighted by Crippen LogP contribution is 2.18. The van der Waals surface area contributed by atoms with Gasteiger partial charge in [-0.25, -0.2) is 4.79 Å². The molecule has 1 rings (SSSR count). The van der Waals surface area contributed by atoms with Crippen molar-refractivity contribution in [2.75, 3.05) is 6.61 Å². The third-order valence-corrected chi connectivity index (χ3v) is 1.69. The second-order valence-electron chi connectivity index (χ2n) is 2.67. The molecule has 2 N–H and O–H groups in total. The van der Waals surface area contributed by atoms with E-state index in [0.29, 0.717) is 0 Å². The zero-order valence-corrected chi connectivity index (χ0v) is 7.51. The van der Waals surface area contributed by atoms with E-state index >= 15 is 0 Å². The lowest BCUT2D eigenvalue weighted by atomic mass is 10.1.